The number of rotatable bonds is 3. The van der Waals surface area contributed by atoms with Gasteiger partial charge in [0.1, 0.15) is 17.0 Å². The molecule has 0 aliphatic heterocycles. The van der Waals surface area contributed by atoms with Crippen LogP contribution in [0.15, 0.2) is 35.2 Å². The fourth-order valence-corrected chi connectivity index (χ4v) is 2.03. The van der Waals surface area contributed by atoms with E-state index in [1.165, 1.54) is 0 Å². The summed E-state index contributed by atoms with van der Waals surface area (Å²) in [7, 11) is 0. The monoisotopic (exact) mass is 243 g/mol. The first kappa shape index (κ1) is 10.9. The molecule has 0 radical (unpaired) electrons. The van der Waals surface area contributed by atoms with Gasteiger partial charge < -0.3 is 10.1 Å². The van der Waals surface area contributed by atoms with Crippen LogP contribution in [0, 0.1) is 6.92 Å². The van der Waals surface area contributed by atoms with Crippen molar-refractivity contribution >= 4 is 5.65 Å². The van der Waals surface area contributed by atoms with E-state index < -0.39 is 0 Å². The van der Waals surface area contributed by atoms with Crippen molar-refractivity contribution in [3.8, 4) is 0 Å². The summed E-state index contributed by atoms with van der Waals surface area (Å²) in [5.74, 6) is 0. The van der Waals surface area contributed by atoms with Gasteiger partial charge in [0.2, 0.25) is 0 Å². The number of nitrogens with two attached hydrogens (primary N) is 1. The number of hydrogen-bond acceptors (Lipinski definition) is 5. The number of nitrogens with zero attached hydrogens (tertiary/aromatic N) is 4. The van der Waals surface area contributed by atoms with Gasteiger partial charge in [-0.3, -0.25) is 0 Å². The van der Waals surface area contributed by atoms with Crippen molar-refractivity contribution in [2.75, 3.05) is 0 Å². The van der Waals surface area contributed by atoms with Gasteiger partial charge in [0.05, 0.1) is 6.04 Å². The number of hydrogen-bond donors (Lipinski definition) is 1. The van der Waals surface area contributed by atoms with Gasteiger partial charge in [-0.05, 0) is 19.1 Å². The van der Waals surface area contributed by atoms with Gasteiger partial charge in [-0.25, -0.2) is 9.61 Å². The maximum Gasteiger partial charge on any atom is 0.136 e. The number of pyridine rings is 1. The predicted molar refractivity (Wildman–Crippen MR) is 64.9 cm³/mol. The SMILES string of the molecule is Cc1nonc1C(N)Cc1cnc2ccccn12. The summed E-state index contributed by atoms with van der Waals surface area (Å²) in [6.45, 7) is 1.83. The fourth-order valence-electron chi connectivity index (χ4n) is 2.03. The molecule has 0 aliphatic rings. The van der Waals surface area contributed by atoms with Gasteiger partial charge in [-0.1, -0.05) is 16.4 Å². The molecule has 3 heterocycles. The lowest BCUT2D eigenvalue weighted by Crippen LogP contribution is -2.16. The van der Waals surface area contributed by atoms with Crippen molar-refractivity contribution in [3.63, 3.8) is 0 Å². The lowest BCUT2D eigenvalue weighted by atomic mass is 10.1. The summed E-state index contributed by atoms with van der Waals surface area (Å²) in [5, 5.41) is 7.58. The van der Waals surface area contributed by atoms with E-state index in [-0.39, 0.29) is 6.04 Å². The number of imidazole rings is 1. The van der Waals surface area contributed by atoms with Crippen LogP contribution < -0.4 is 5.73 Å². The minimum Gasteiger partial charge on any atom is -0.322 e. The standard InChI is InChI=1S/C12H13N5O/c1-8-12(16-18-15-8)10(13)6-9-7-14-11-4-2-3-5-17(9)11/h2-5,7,10H,6,13H2,1H3. The number of aryl methyl sites for hydroxylation is 1. The molecule has 6 nitrogen and oxygen atoms in total. The molecule has 3 aromatic rings. The second kappa shape index (κ2) is 4.23. The molecule has 92 valence electrons. The summed E-state index contributed by atoms with van der Waals surface area (Å²) < 4.78 is 6.69. The van der Waals surface area contributed by atoms with Gasteiger partial charge in [-0.15, -0.1) is 0 Å². The van der Waals surface area contributed by atoms with Crippen LogP contribution in [-0.4, -0.2) is 19.7 Å². The third kappa shape index (κ3) is 1.76. The fraction of sp³-hybridized carbons (Fsp3) is 0.250. The minimum atomic E-state index is -0.239. The lowest BCUT2D eigenvalue weighted by Gasteiger charge is -2.08. The van der Waals surface area contributed by atoms with E-state index in [0.29, 0.717) is 12.1 Å². The third-order valence-electron chi connectivity index (χ3n) is 2.96. The van der Waals surface area contributed by atoms with Gasteiger partial charge in [0.25, 0.3) is 0 Å². The molecule has 3 aromatic heterocycles. The lowest BCUT2D eigenvalue weighted by molar-refractivity contribution is 0.299. The van der Waals surface area contributed by atoms with Crippen LogP contribution in [-0.2, 0) is 6.42 Å². The van der Waals surface area contributed by atoms with Gasteiger partial charge in [0, 0.05) is 24.5 Å². The number of aromatic nitrogens is 4. The molecular formula is C12H13N5O. The molecule has 0 spiro atoms. The number of fused-ring (bicyclic) bond motifs is 1. The molecule has 1 atom stereocenters. The average Bonchev–Trinajstić information content (AvgIpc) is 2.97. The summed E-state index contributed by atoms with van der Waals surface area (Å²) in [5.41, 5.74) is 9.50. The summed E-state index contributed by atoms with van der Waals surface area (Å²) >= 11 is 0. The second-order valence-corrected chi connectivity index (χ2v) is 4.22. The smallest absolute Gasteiger partial charge is 0.136 e. The molecule has 0 saturated carbocycles. The molecule has 3 rings (SSSR count). The Morgan fingerprint density at radius 3 is 3.06 bits per heavy atom. The quantitative estimate of drug-likeness (QED) is 0.749. The summed E-state index contributed by atoms with van der Waals surface area (Å²) in [6, 6.07) is 5.64. The van der Waals surface area contributed by atoms with Crippen molar-refractivity contribution < 1.29 is 4.63 Å². The van der Waals surface area contributed by atoms with Crippen LogP contribution in [0.4, 0.5) is 0 Å². The Morgan fingerprint density at radius 2 is 2.28 bits per heavy atom. The molecule has 0 aliphatic carbocycles. The first-order chi connectivity index (χ1) is 8.75. The molecule has 1 unspecified atom stereocenters. The molecule has 0 amide bonds. The molecule has 18 heavy (non-hydrogen) atoms. The molecule has 6 heteroatoms. The normalized spacial score (nSPS) is 13.0. The molecule has 0 fully saturated rings. The highest BCUT2D eigenvalue weighted by atomic mass is 16.6. The van der Waals surface area contributed by atoms with E-state index in [1.807, 2.05) is 41.9 Å². The van der Waals surface area contributed by atoms with Gasteiger partial charge >= 0.3 is 0 Å². The highest BCUT2D eigenvalue weighted by molar-refractivity contribution is 5.40. The first-order valence-corrected chi connectivity index (χ1v) is 5.71. The maximum absolute atomic E-state index is 6.12. The van der Waals surface area contributed by atoms with Crippen molar-refractivity contribution in [2.45, 2.75) is 19.4 Å². The maximum atomic E-state index is 6.12. The molecule has 2 N–H and O–H groups in total. The van der Waals surface area contributed by atoms with Crippen molar-refractivity contribution in [2.24, 2.45) is 5.73 Å². The van der Waals surface area contributed by atoms with Crippen LogP contribution in [0.25, 0.3) is 5.65 Å². The zero-order valence-electron chi connectivity index (χ0n) is 9.95. The third-order valence-corrected chi connectivity index (χ3v) is 2.96. The van der Waals surface area contributed by atoms with Crippen LogP contribution >= 0.6 is 0 Å². The molecular weight excluding hydrogens is 230 g/mol. The largest absolute Gasteiger partial charge is 0.322 e. The van der Waals surface area contributed by atoms with E-state index in [1.54, 1.807) is 0 Å². The van der Waals surface area contributed by atoms with Gasteiger partial charge in [0.15, 0.2) is 0 Å². The Kier molecular flexibility index (Phi) is 2.56. The van der Waals surface area contributed by atoms with Gasteiger partial charge in [-0.2, -0.15) is 0 Å². The van der Waals surface area contributed by atoms with E-state index in [2.05, 4.69) is 19.9 Å². The Bertz CT molecular complexity index is 672. The Balaban J connectivity index is 1.91. The molecule has 0 saturated heterocycles. The Morgan fingerprint density at radius 1 is 1.39 bits per heavy atom. The topological polar surface area (TPSA) is 82.2 Å². The van der Waals surface area contributed by atoms with Crippen LogP contribution in [0.5, 0.6) is 0 Å². The summed E-state index contributed by atoms with van der Waals surface area (Å²) in [4.78, 5) is 4.32. The summed E-state index contributed by atoms with van der Waals surface area (Å²) in [6.07, 6.45) is 4.44. The highest BCUT2D eigenvalue weighted by Crippen LogP contribution is 2.17. The minimum absolute atomic E-state index is 0.239. The zero-order valence-corrected chi connectivity index (χ0v) is 9.95. The van der Waals surface area contributed by atoms with E-state index in [4.69, 9.17) is 5.73 Å². The molecule has 0 aromatic carbocycles. The van der Waals surface area contributed by atoms with E-state index in [9.17, 15) is 0 Å². The first-order valence-electron chi connectivity index (χ1n) is 5.71. The van der Waals surface area contributed by atoms with E-state index >= 15 is 0 Å². The van der Waals surface area contributed by atoms with Crippen LogP contribution in [0.1, 0.15) is 23.1 Å². The van der Waals surface area contributed by atoms with Crippen molar-refractivity contribution in [3.05, 3.63) is 47.7 Å². The highest BCUT2D eigenvalue weighted by Gasteiger charge is 2.16. The van der Waals surface area contributed by atoms with Crippen molar-refractivity contribution in [1.29, 1.82) is 0 Å². The second-order valence-electron chi connectivity index (χ2n) is 4.22. The Hall–Kier alpha value is -2.21. The zero-order chi connectivity index (χ0) is 12.5. The van der Waals surface area contributed by atoms with Crippen molar-refractivity contribution in [1.82, 2.24) is 19.7 Å². The average molecular weight is 243 g/mol. The predicted octanol–water partition coefficient (Wildman–Crippen LogP) is 1.27. The Labute approximate surface area is 103 Å². The van der Waals surface area contributed by atoms with Crippen LogP contribution in [0.2, 0.25) is 0 Å². The van der Waals surface area contributed by atoms with Crippen LogP contribution in [0.3, 0.4) is 0 Å². The van der Waals surface area contributed by atoms with E-state index in [0.717, 1.165) is 17.0 Å². The molecule has 0 bridgehead atoms.